The van der Waals surface area contributed by atoms with Gasteiger partial charge in [0, 0.05) is 33.3 Å². The molecule has 7 aromatic carbocycles. The van der Waals surface area contributed by atoms with E-state index < -0.39 is 33.3 Å². The summed E-state index contributed by atoms with van der Waals surface area (Å²) in [5, 5.41) is 28.3. The summed E-state index contributed by atoms with van der Waals surface area (Å²) in [4.78, 5) is 18.5. The van der Waals surface area contributed by atoms with E-state index in [1.165, 1.54) is 12.1 Å². The van der Waals surface area contributed by atoms with E-state index in [0.717, 1.165) is 77.9 Å². The summed E-state index contributed by atoms with van der Waals surface area (Å²) in [5.74, 6) is -2.14. The van der Waals surface area contributed by atoms with Gasteiger partial charge in [0.1, 0.15) is 0 Å². The monoisotopic (exact) mass is 800 g/mol. The Morgan fingerprint density at radius 2 is 1.30 bits per heavy atom. The molecule has 0 radical (unpaired) electrons. The molecule has 13 rings (SSSR count). The third kappa shape index (κ3) is 4.11. The molecule has 4 aliphatic carbocycles. The molecular weight excluding hydrogens is 769 g/mol. The predicted octanol–water partition coefficient (Wildman–Crippen LogP) is 6.60. The van der Waals surface area contributed by atoms with E-state index >= 15 is 0 Å². The van der Waals surface area contributed by atoms with Gasteiger partial charge in [0.2, 0.25) is 0 Å². The first-order valence-corrected chi connectivity index (χ1v) is 21.3. The van der Waals surface area contributed by atoms with Crippen molar-refractivity contribution in [2.75, 3.05) is 16.0 Å². The van der Waals surface area contributed by atoms with E-state index in [2.05, 4.69) is 51.3 Å². The summed E-state index contributed by atoms with van der Waals surface area (Å²) in [5.41, 5.74) is 11.0. The first-order valence-electron chi connectivity index (χ1n) is 19.9. The van der Waals surface area contributed by atoms with Crippen LogP contribution < -0.4 is 26.0 Å². The van der Waals surface area contributed by atoms with E-state index in [4.69, 9.17) is 0 Å². The van der Waals surface area contributed by atoms with Crippen LogP contribution in [0.5, 0.6) is 0 Å². The Hall–Kier alpha value is -7.27. The molecule has 3 atom stereocenters. The molecule has 9 nitrogen and oxygen atoms in total. The van der Waals surface area contributed by atoms with Gasteiger partial charge < -0.3 is 21.1 Å². The number of anilines is 3. The summed E-state index contributed by atoms with van der Waals surface area (Å²) in [6.07, 6.45) is 3.91. The first kappa shape index (κ1) is 33.7. The van der Waals surface area contributed by atoms with Gasteiger partial charge in [0.05, 0.1) is 44.8 Å². The molecule has 60 heavy (non-hydrogen) atoms. The number of nitrogens with one attached hydrogen (secondary N) is 4. The van der Waals surface area contributed by atoms with Crippen molar-refractivity contribution in [2.45, 2.75) is 16.2 Å². The Bertz CT molecular complexity index is 3360. The fourth-order valence-corrected chi connectivity index (χ4v) is 11.5. The topological polar surface area (TPSA) is 145 Å². The Balaban J connectivity index is 0.981. The van der Waals surface area contributed by atoms with Crippen molar-refractivity contribution in [3.05, 3.63) is 190 Å². The van der Waals surface area contributed by atoms with Crippen molar-refractivity contribution in [1.82, 2.24) is 0 Å². The highest BCUT2D eigenvalue weighted by molar-refractivity contribution is 7.85. The van der Waals surface area contributed by atoms with E-state index in [1.807, 2.05) is 103 Å². The van der Waals surface area contributed by atoms with Gasteiger partial charge in [-0.3, -0.25) is 9.35 Å². The second-order valence-electron chi connectivity index (χ2n) is 16.4. The number of allylic oxidation sites excluding steroid dienone is 3. The zero-order valence-corrected chi connectivity index (χ0v) is 32.4. The standard InChI is InChI=1S/C50H32N4O5S/c55-47-43(33-22-19-26-9-7-17-39-41(26)45(33)53-49(51-39)35-14-4-1-11-29(35)30-12-2-5-15-36(30)49)48(56)44(47)34-23-20-27-10-8-18-40-42(27)46(34)54-50(52-40)37-16-6-3-13-31(37)32-24-21-28(25-38(32)50)60(57,58)59/h1-25,34,44,51-53,55H,(H,57,58,59). The number of ketones is 1. The normalized spacial score (nSPS) is 21.6. The van der Waals surface area contributed by atoms with Crippen LogP contribution in [0.4, 0.5) is 17.1 Å². The number of carbonyl (C=O) groups excluding carboxylic acids is 1. The summed E-state index contributed by atoms with van der Waals surface area (Å²) in [7, 11) is -4.54. The minimum Gasteiger partial charge on any atom is -0.874 e. The fourth-order valence-electron chi connectivity index (χ4n) is 10.9. The lowest BCUT2D eigenvalue weighted by atomic mass is 9.66. The smallest absolute Gasteiger partial charge is 0.294 e. The number of hydrogen-bond acceptors (Lipinski definition) is 7. The second-order valence-corrected chi connectivity index (χ2v) is 17.8. The van der Waals surface area contributed by atoms with Crippen LogP contribution in [0.1, 0.15) is 38.9 Å². The first-order chi connectivity index (χ1) is 29.2. The summed E-state index contributed by atoms with van der Waals surface area (Å²) < 4.78 is 35.1. The summed E-state index contributed by atoms with van der Waals surface area (Å²) >= 11 is 0. The molecule has 3 unspecified atom stereocenters. The number of benzene rings is 7. The van der Waals surface area contributed by atoms with Crippen molar-refractivity contribution in [3.8, 4) is 22.3 Å². The number of Topliss-reactive ketones (excluding diaryl/α,β-unsaturated/α-hetero) is 1. The molecule has 288 valence electrons. The van der Waals surface area contributed by atoms with Crippen molar-refractivity contribution in [2.24, 2.45) is 11.8 Å². The molecular formula is C50H32N4O5S. The third-order valence-corrected chi connectivity index (χ3v) is 14.3. The van der Waals surface area contributed by atoms with E-state index in [9.17, 15) is 22.9 Å². The molecule has 2 aliphatic heterocycles. The Labute approximate surface area is 344 Å². The molecule has 2 spiro atoms. The molecule has 0 saturated carbocycles. The zero-order chi connectivity index (χ0) is 40.3. The highest BCUT2D eigenvalue weighted by Crippen LogP contribution is 2.56. The van der Waals surface area contributed by atoms with Crippen LogP contribution in [0.2, 0.25) is 0 Å². The molecule has 0 bridgehead atoms. The molecule has 0 aromatic heterocycles. The van der Waals surface area contributed by atoms with Crippen LogP contribution in [-0.4, -0.2) is 24.5 Å². The van der Waals surface area contributed by atoms with Gasteiger partial charge in [0.25, 0.3) is 15.8 Å². The number of hydrogen-bond donors (Lipinski definition) is 5. The lowest BCUT2D eigenvalue weighted by Gasteiger charge is -2.44. The van der Waals surface area contributed by atoms with Crippen LogP contribution >= 0.6 is 0 Å². The van der Waals surface area contributed by atoms with Gasteiger partial charge in [-0.25, -0.2) is 4.99 Å². The minimum atomic E-state index is -4.54. The molecule has 5 N–H and O–H groups in total. The van der Waals surface area contributed by atoms with Gasteiger partial charge in [-0.1, -0.05) is 121 Å². The van der Waals surface area contributed by atoms with E-state index in [-0.39, 0.29) is 22.0 Å². The third-order valence-electron chi connectivity index (χ3n) is 13.5. The van der Waals surface area contributed by atoms with Crippen molar-refractivity contribution < 1.29 is 27.9 Å². The van der Waals surface area contributed by atoms with Crippen molar-refractivity contribution in [1.29, 1.82) is 0 Å². The predicted molar refractivity (Wildman–Crippen MR) is 229 cm³/mol. The molecule has 0 amide bonds. The lowest BCUT2D eigenvalue weighted by molar-refractivity contribution is -0.543. The quantitative estimate of drug-likeness (QED) is 0.126. The Morgan fingerprint density at radius 3 is 2.03 bits per heavy atom. The molecule has 6 aliphatic rings. The minimum absolute atomic E-state index is 0.168. The summed E-state index contributed by atoms with van der Waals surface area (Å²) in [6, 6.07) is 44.9. The largest absolute Gasteiger partial charge is 0.874 e. The number of rotatable bonds is 3. The zero-order valence-electron chi connectivity index (χ0n) is 31.6. The maximum Gasteiger partial charge on any atom is 0.294 e. The van der Waals surface area contributed by atoms with Gasteiger partial charge in [0.15, 0.2) is 17.2 Å². The van der Waals surface area contributed by atoms with Crippen LogP contribution in [0.15, 0.2) is 156 Å². The SMILES string of the molecule is O=C1C(c2ccc3cccc4c3c2NC2(N4)c3ccccc3-c3ccccc32)=C([O-])C1C1C=Cc2cccc3c2C1=[NH+]C1(N3)c2ccccc2-c2ccc(S(=O)(=O)O)cc21. The average Bonchev–Trinajstić information content (AvgIpc) is 3.68. The van der Waals surface area contributed by atoms with Crippen LogP contribution in [-0.2, 0) is 26.2 Å². The van der Waals surface area contributed by atoms with Crippen molar-refractivity contribution in [3.63, 3.8) is 0 Å². The van der Waals surface area contributed by atoms with Crippen LogP contribution in [0, 0.1) is 11.8 Å². The van der Waals surface area contributed by atoms with E-state index in [1.54, 1.807) is 6.07 Å². The highest BCUT2D eigenvalue weighted by Gasteiger charge is 2.56. The molecule has 2 heterocycles. The van der Waals surface area contributed by atoms with Gasteiger partial charge in [-0.05, 0) is 63.5 Å². The number of carbonyl (C=O) groups is 1. The van der Waals surface area contributed by atoms with Gasteiger partial charge in [-0.2, -0.15) is 8.42 Å². The Morgan fingerprint density at radius 1 is 0.650 bits per heavy atom. The van der Waals surface area contributed by atoms with Crippen LogP contribution in [0.3, 0.4) is 0 Å². The fraction of sp³-hybridized carbons (Fsp3) is 0.0800. The summed E-state index contributed by atoms with van der Waals surface area (Å²) in [6.45, 7) is 0. The molecule has 0 fully saturated rings. The number of fused-ring (bicyclic) bond motifs is 10. The van der Waals surface area contributed by atoms with Crippen molar-refractivity contribution >= 4 is 61.1 Å². The van der Waals surface area contributed by atoms with Crippen LogP contribution in [0.25, 0.3) is 44.7 Å². The highest BCUT2D eigenvalue weighted by atomic mass is 32.2. The Kier molecular flexibility index (Phi) is 6.32. The lowest BCUT2D eigenvalue weighted by Crippen LogP contribution is -2.91. The molecule has 0 saturated heterocycles. The van der Waals surface area contributed by atoms with E-state index in [0.29, 0.717) is 16.8 Å². The molecule has 10 heteroatoms. The second kappa shape index (κ2) is 11.3. The maximum absolute atomic E-state index is 14.9. The average molecular weight is 801 g/mol. The maximum atomic E-state index is 14.9. The molecule has 7 aromatic rings. The van der Waals surface area contributed by atoms with Gasteiger partial charge in [-0.15, -0.1) is 5.76 Å². The van der Waals surface area contributed by atoms with Gasteiger partial charge >= 0.3 is 0 Å².